The van der Waals surface area contributed by atoms with Crippen molar-refractivity contribution in [1.29, 1.82) is 0 Å². The molecular formula is C22H25Cl2NO. The molecular weight excluding hydrogens is 365 g/mol. The zero-order valence-electron chi connectivity index (χ0n) is 15.3. The fourth-order valence-corrected chi connectivity index (χ4v) is 3.55. The van der Waals surface area contributed by atoms with Gasteiger partial charge in [-0.2, -0.15) is 0 Å². The van der Waals surface area contributed by atoms with Crippen LogP contribution in [0.2, 0.25) is 10.0 Å². The number of nitrogens with zero attached hydrogens (tertiary/aromatic N) is 1. The minimum atomic E-state index is 0.508. The summed E-state index contributed by atoms with van der Waals surface area (Å²) in [4.78, 5) is 2.53. The molecule has 3 rings (SSSR count). The first kappa shape index (κ1) is 19.3. The zero-order chi connectivity index (χ0) is 18.5. The van der Waals surface area contributed by atoms with E-state index in [1.165, 1.54) is 37.1 Å². The SMILES string of the molecule is CC(=CCN1CCC(C)CC1)c1ccc(Oc2ccc(Cl)cc2Cl)cc1. The average Bonchev–Trinajstić information content (AvgIpc) is 2.64. The van der Waals surface area contributed by atoms with Crippen molar-refractivity contribution in [2.45, 2.75) is 26.7 Å². The van der Waals surface area contributed by atoms with Crippen LogP contribution < -0.4 is 4.74 Å². The first-order valence-electron chi connectivity index (χ1n) is 9.14. The number of likely N-dealkylation sites (tertiary alicyclic amines) is 1. The highest BCUT2D eigenvalue weighted by molar-refractivity contribution is 6.35. The molecule has 0 unspecified atom stereocenters. The Kier molecular flexibility index (Phi) is 6.63. The normalized spacial score (nSPS) is 16.7. The van der Waals surface area contributed by atoms with E-state index in [0.29, 0.717) is 15.8 Å². The Hall–Kier alpha value is -1.48. The smallest absolute Gasteiger partial charge is 0.146 e. The molecule has 0 atom stereocenters. The van der Waals surface area contributed by atoms with Gasteiger partial charge in [-0.3, -0.25) is 4.90 Å². The molecule has 0 radical (unpaired) electrons. The second-order valence-electron chi connectivity index (χ2n) is 7.07. The van der Waals surface area contributed by atoms with E-state index < -0.39 is 0 Å². The van der Waals surface area contributed by atoms with Gasteiger partial charge in [0.15, 0.2) is 0 Å². The molecule has 2 nitrogen and oxygen atoms in total. The molecule has 0 amide bonds. The van der Waals surface area contributed by atoms with Gasteiger partial charge in [0.25, 0.3) is 0 Å². The topological polar surface area (TPSA) is 12.5 Å². The molecule has 0 spiro atoms. The van der Waals surface area contributed by atoms with E-state index in [2.05, 4.69) is 37.0 Å². The number of hydrogen-bond donors (Lipinski definition) is 0. The summed E-state index contributed by atoms with van der Waals surface area (Å²) in [5.41, 5.74) is 2.50. The minimum absolute atomic E-state index is 0.508. The number of rotatable bonds is 5. The molecule has 2 aromatic carbocycles. The van der Waals surface area contributed by atoms with E-state index in [0.717, 1.165) is 18.2 Å². The molecule has 1 heterocycles. The molecule has 1 aliphatic heterocycles. The fourth-order valence-electron chi connectivity index (χ4n) is 3.10. The largest absolute Gasteiger partial charge is 0.456 e. The summed E-state index contributed by atoms with van der Waals surface area (Å²) in [5.74, 6) is 2.24. The second-order valence-corrected chi connectivity index (χ2v) is 7.92. The lowest BCUT2D eigenvalue weighted by Crippen LogP contribution is -2.32. The molecule has 26 heavy (non-hydrogen) atoms. The van der Waals surface area contributed by atoms with Crippen LogP contribution in [0.5, 0.6) is 11.5 Å². The summed E-state index contributed by atoms with van der Waals surface area (Å²) in [6, 6.07) is 13.3. The molecule has 2 aromatic rings. The number of hydrogen-bond acceptors (Lipinski definition) is 2. The van der Waals surface area contributed by atoms with Crippen LogP contribution in [0.15, 0.2) is 48.5 Å². The first-order valence-corrected chi connectivity index (χ1v) is 9.89. The van der Waals surface area contributed by atoms with Crippen molar-refractivity contribution in [3.63, 3.8) is 0 Å². The molecule has 1 saturated heterocycles. The number of allylic oxidation sites excluding steroid dienone is 1. The van der Waals surface area contributed by atoms with E-state index in [4.69, 9.17) is 27.9 Å². The van der Waals surface area contributed by atoms with Crippen LogP contribution in [0.4, 0.5) is 0 Å². The van der Waals surface area contributed by atoms with E-state index >= 15 is 0 Å². The average molecular weight is 390 g/mol. The standard InChI is InChI=1S/C22H25Cl2NO/c1-16-9-12-25(13-10-16)14-11-17(2)18-3-6-20(7-4-18)26-22-8-5-19(23)15-21(22)24/h3-8,11,15-16H,9-10,12-14H2,1-2H3. The molecule has 0 N–H and O–H groups in total. The van der Waals surface area contributed by atoms with Crippen LogP contribution in [-0.4, -0.2) is 24.5 Å². The molecule has 0 aromatic heterocycles. The van der Waals surface area contributed by atoms with E-state index in [9.17, 15) is 0 Å². The maximum absolute atomic E-state index is 6.16. The third-order valence-corrected chi connectivity index (χ3v) is 5.49. The van der Waals surface area contributed by atoms with Gasteiger partial charge < -0.3 is 4.74 Å². The van der Waals surface area contributed by atoms with Gasteiger partial charge >= 0.3 is 0 Å². The molecule has 138 valence electrons. The Bertz CT molecular complexity index is 762. The highest BCUT2D eigenvalue weighted by Gasteiger charge is 2.14. The number of piperidine rings is 1. The highest BCUT2D eigenvalue weighted by Crippen LogP contribution is 2.32. The Balaban J connectivity index is 1.60. The predicted molar refractivity (Wildman–Crippen MR) is 111 cm³/mol. The summed E-state index contributed by atoms with van der Waals surface area (Å²) in [5, 5.41) is 1.11. The van der Waals surface area contributed by atoms with Gasteiger partial charge in [0, 0.05) is 11.6 Å². The van der Waals surface area contributed by atoms with Crippen LogP contribution in [0.25, 0.3) is 5.57 Å². The van der Waals surface area contributed by atoms with Gasteiger partial charge in [-0.05, 0) is 80.2 Å². The summed E-state index contributed by atoms with van der Waals surface area (Å²) in [7, 11) is 0. The number of benzene rings is 2. The van der Waals surface area contributed by atoms with Gasteiger partial charge in [-0.15, -0.1) is 0 Å². The Labute approximate surface area is 166 Å². The molecule has 0 saturated carbocycles. The predicted octanol–water partition coefficient (Wildman–Crippen LogP) is 6.92. The fraction of sp³-hybridized carbons (Fsp3) is 0.364. The summed E-state index contributed by atoms with van der Waals surface area (Å²) in [6.45, 7) is 7.95. The van der Waals surface area contributed by atoms with Crippen LogP contribution in [0.1, 0.15) is 32.3 Å². The lowest BCUT2D eigenvalue weighted by atomic mass is 9.99. The van der Waals surface area contributed by atoms with Gasteiger partial charge in [-0.25, -0.2) is 0 Å². The van der Waals surface area contributed by atoms with Gasteiger partial charge in [0.05, 0.1) is 5.02 Å². The quantitative estimate of drug-likeness (QED) is 0.549. The molecule has 1 aliphatic rings. The Morgan fingerprint density at radius 3 is 2.46 bits per heavy atom. The Morgan fingerprint density at radius 1 is 1.12 bits per heavy atom. The third kappa shape index (κ3) is 5.26. The van der Waals surface area contributed by atoms with Crippen LogP contribution in [-0.2, 0) is 0 Å². The molecule has 4 heteroatoms. The molecule has 0 bridgehead atoms. The van der Waals surface area contributed by atoms with Crippen molar-refractivity contribution in [3.8, 4) is 11.5 Å². The summed E-state index contributed by atoms with van der Waals surface area (Å²) >= 11 is 12.1. The summed E-state index contributed by atoms with van der Waals surface area (Å²) < 4.78 is 5.85. The van der Waals surface area contributed by atoms with Gasteiger partial charge in [0.2, 0.25) is 0 Å². The number of halogens is 2. The van der Waals surface area contributed by atoms with Crippen molar-refractivity contribution in [2.24, 2.45) is 5.92 Å². The van der Waals surface area contributed by atoms with Crippen molar-refractivity contribution < 1.29 is 4.74 Å². The zero-order valence-corrected chi connectivity index (χ0v) is 16.9. The van der Waals surface area contributed by atoms with E-state index in [-0.39, 0.29) is 0 Å². The van der Waals surface area contributed by atoms with Crippen LogP contribution in [0.3, 0.4) is 0 Å². The maximum Gasteiger partial charge on any atom is 0.146 e. The van der Waals surface area contributed by atoms with Gasteiger partial charge in [-0.1, -0.05) is 48.3 Å². The highest BCUT2D eigenvalue weighted by atomic mass is 35.5. The maximum atomic E-state index is 6.16. The van der Waals surface area contributed by atoms with Crippen LogP contribution in [0, 0.1) is 5.92 Å². The van der Waals surface area contributed by atoms with Crippen LogP contribution >= 0.6 is 23.2 Å². The van der Waals surface area contributed by atoms with Gasteiger partial charge in [0.1, 0.15) is 11.5 Å². The summed E-state index contributed by atoms with van der Waals surface area (Å²) in [6.07, 6.45) is 4.94. The van der Waals surface area contributed by atoms with E-state index in [1.807, 2.05) is 12.1 Å². The monoisotopic (exact) mass is 389 g/mol. The van der Waals surface area contributed by atoms with Crippen molar-refractivity contribution in [2.75, 3.05) is 19.6 Å². The third-order valence-electron chi connectivity index (χ3n) is 4.96. The Morgan fingerprint density at radius 2 is 1.81 bits per heavy atom. The lowest BCUT2D eigenvalue weighted by molar-refractivity contribution is 0.210. The van der Waals surface area contributed by atoms with E-state index in [1.54, 1.807) is 18.2 Å². The van der Waals surface area contributed by atoms with Crippen molar-refractivity contribution >= 4 is 28.8 Å². The number of ether oxygens (including phenoxy) is 1. The molecule has 1 fully saturated rings. The first-order chi connectivity index (χ1) is 12.5. The lowest BCUT2D eigenvalue weighted by Gasteiger charge is -2.29. The van der Waals surface area contributed by atoms with Crippen molar-refractivity contribution in [3.05, 3.63) is 64.1 Å². The minimum Gasteiger partial charge on any atom is -0.456 e. The van der Waals surface area contributed by atoms with Crippen molar-refractivity contribution in [1.82, 2.24) is 4.90 Å². The second kappa shape index (κ2) is 8.94. The molecule has 0 aliphatic carbocycles.